The van der Waals surface area contributed by atoms with E-state index in [1.807, 2.05) is 7.05 Å². The fourth-order valence-electron chi connectivity index (χ4n) is 6.10. The van der Waals surface area contributed by atoms with Gasteiger partial charge in [0.15, 0.2) is 0 Å². The first-order valence-corrected chi connectivity index (χ1v) is 15.0. The number of esters is 1. The maximum Gasteiger partial charge on any atom is 0.338 e. The number of carbonyl (C=O) groups excluding carboxylic acids is 3. The van der Waals surface area contributed by atoms with Crippen molar-refractivity contribution in [2.45, 2.75) is 58.0 Å². The number of pyridine rings is 1. The highest BCUT2D eigenvalue weighted by Crippen LogP contribution is 2.40. The van der Waals surface area contributed by atoms with Crippen LogP contribution in [-0.4, -0.2) is 67.5 Å². The summed E-state index contributed by atoms with van der Waals surface area (Å²) in [6.45, 7) is 3.22. The van der Waals surface area contributed by atoms with Gasteiger partial charge in [0.05, 0.1) is 40.3 Å². The number of fused-ring (bicyclic) bond motifs is 2. The topological polar surface area (TPSA) is 130 Å². The summed E-state index contributed by atoms with van der Waals surface area (Å²) in [5.74, 6) is -2.12. The van der Waals surface area contributed by atoms with Crippen molar-refractivity contribution < 1.29 is 23.5 Å². The molecule has 5 rings (SSSR count). The van der Waals surface area contributed by atoms with Crippen LogP contribution in [0.2, 0.25) is 0 Å². The average Bonchev–Trinajstić information content (AvgIpc) is 3.25. The molecule has 1 aromatic heterocycles. The largest absolute Gasteiger partial charge is 0.462 e. The van der Waals surface area contributed by atoms with Crippen LogP contribution in [0.4, 0.5) is 21.5 Å². The number of benzene rings is 2. The Morgan fingerprint density at radius 2 is 1.93 bits per heavy atom. The molecule has 0 radical (unpaired) electrons. The number of anilines is 3. The molecule has 2 heterocycles. The van der Waals surface area contributed by atoms with Crippen LogP contribution >= 0.6 is 0 Å². The van der Waals surface area contributed by atoms with E-state index in [2.05, 4.69) is 20.5 Å². The molecule has 2 amide bonds. The molecule has 0 spiro atoms. The number of hydrogen-bond acceptors (Lipinski definition) is 9. The van der Waals surface area contributed by atoms with Gasteiger partial charge in [-0.3, -0.25) is 14.5 Å². The number of rotatable bonds is 11. The predicted molar refractivity (Wildman–Crippen MR) is 165 cm³/mol. The monoisotopic (exact) mass is 590 g/mol. The van der Waals surface area contributed by atoms with Crippen molar-refractivity contribution in [1.82, 2.24) is 9.88 Å². The average molecular weight is 591 g/mol. The van der Waals surface area contributed by atoms with Crippen LogP contribution in [0.3, 0.4) is 0 Å². The maximum absolute atomic E-state index is 14.7. The number of hydrogen-bond donors (Lipinski definition) is 3. The Kier molecular flexibility index (Phi) is 9.22. The summed E-state index contributed by atoms with van der Waals surface area (Å²) in [5.41, 5.74) is 8.26. The molecule has 0 atom stereocenters. The van der Waals surface area contributed by atoms with E-state index in [0.717, 1.165) is 30.6 Å². The number of nitrogens with zero attached hydrogens (tertiary/aromatic N) is 3. The molecular formula is C32H39FN6O4. The standard InChI is InChI=1S/C32H39FN6O4/c1-4-43-32(42)19-11-12-25(20(15-19)18-38(3)22-9-6-5-7-10-22)39-30(40)26-28(36-14-8-13-34)23-16-21(33)17-24(35-2)27(23)37-29(26)31(39)41/h11-12,15-17,22,35H,4-10,13-14,18,34H2,1-3H3,(H,36,37). The summed E-state index contributed by atoms with van der Waals surface area (Å²) in [6.07, 6.45) is 6.25. The van der Waals surface area contributed by atoms with E-state index in [1.54, 1.807) is 32.2 Å². The van der Waals surface area contributed by atoms with E-state index in [4.69, 9.17) is 10.5 Å². The van der Waals surface area contributed by atoms with Crippen LogP contribution in [0.25, 0.3) is 10.9 Å². The number of nitrogens with one attached hydrogen (secondary N) is 2. The van der Waals surface area contributed by atoms with Crippen LogP contribution in [0, 0.1) is 5.82 Å². The first kappa shape index (κ1) is 30.4. The highest BCUT2D eigenvalue weighted by molar-refractivity contribution is 6.37. The van der Waals surface area contributed by atoms with Crippen molar-refractivity contribution in [2.24, 2.45) is 5.73 Å². The lowest BCUT2D eigenvalue weighted by molar-refractivity contribution is 0.0526. The Labute approximate surface area is 250 Å². The third kappa shape index (κ3) is 5.92. The Morgan fingerprint density at radius 3 is 2.63 bits per heavy atom. The molecule has 11 heteroatoms. The molecule has 10 nitrogen and oxygen atoms in total. The second-order valence-electron chi connectivity index (χ2n) is 11.1. The minimum absolute atomic E-state index is 0.0167. The van der Waals surface area contributed by atoms with E-state index >= 15 is 0 Å². The summed E-state index contributed by atoms with van der Waals surface area (Å²) in [6, 6.07) is 7.87. The molecule has 0 unspecified atom stereocenters. The highest BCUT2D eigenvalue weighted by Gasteiger charge is 2.42. The minimum atomic E-state index is -0.583. The molecule has 1 aliphatic heterocycles. The molecule has 228 valence electrons. The van der Waals surface area contributed by atoms with Crippen LogP contribution in [0.5, 0.6) is 0 Å². The first-order valence-electron chi connectivity index (χ1n) is 15.0. The molecule has 43 heavy (non-hydrogen) atoms. The third-order valence-corrected chi connectivity index (χ3v) is 8.28. The van der Waals surface area contributed by atoms with Gasteiger partial charge in [-0.15, -0.1) is 0 Å². The molecule has 3 aromatic rings. The number of aromatic nitrogens is 1. The molecule has 1 aliphatic carbocycles. The number of imide groups is 1. The van der Waals surface area contributed by atoms with E-state index in [-0.39, 0.29) is 17.9 Å². The number of nitrogens with two attached hydrogens (primary N) is 1. The number of amides is 2. The molecular weight excluding hydrogens is 551 g/mol. The quantitative estimate of drug-likeness (QED) is 0.162. The smallest absolute Gasteiger partial charge is 0.338 e. The zero-order valence-electron chi connectivity index (χ0n) is 25.0. The van der Waals surface area contributed by atoms with Crippen molar-refractivity contribution in [3.8, 4) is 0 Å². The lowest BCUT2D eigenvalue weighted by atomic mass is 9.94. The van der Waals surface area contributed by atoms with Crippen LogP contribution < -0.4 is 21.3 Å². The fourth-order valence-corrected chi connectivity index (χ4v) is 6.10. The summed E-state index contributed by atoms with van der Waals surface area (Å²) in [4.78, 5) is 48.9. The summed E-state index contributed by atoms with van der Waals surface area (Å²) < 4.78 is 19.9. The molecule has 1 saturated carbocycles. The van der Waals surface area contributed by atoms with Gasteiger partial charge in [0.1, 0.15) is 11.5 Å². The summed E-state index contributed by atoms with van der Waals surface area (Å²) in [5, 5.41) is 6.57. The SMILES string of the molecule is CCOC(=O)c1ccc(N2C(=O)c3nc4c(NC)cc(F)cc4c(NCCCN)c3C2=O)c(CN(C)C2CCCCC2)c1. The van der Waals surface area contributed by atoms with E-state index in [9.17, 15) is 18.8 Å². The number of halogens is 1. The van der Waals surface area contributed by atoms with Crippen molar-refractivity contribution in [3.63, 3.8) is 0 Å². The van der Waals surface area contributed by atoms with Gasteiger partial charge >= 0.3 is 5.97 Å². The number of carbonyl (C=O) groups is 3. The summed E-state index contributed by atoms with van der Waals surface area (Å²) >= 11 is 0. The zero-order chi connectivity index (χ0) is 30.7. The molecule has 4 N–H and O–H groups in total. The van der Waals surface area contributed by atoms with Crippen molar-refractivity contribution in [1.29, 1.82) is 0 Å². The van der Waals surface area contributed by atoms with Gasteiger partial charge in [-0.1, -0.05) is 19.3 Å². The fraction of sp³-hybridized carbons (Fsp3) is 0.438. The summed E-state index contributed by atoms with van der Waals surface area (Å²) in [7, 11) is 3.67. The Hall–Kier alpha value is -4.09. The second-order valence-corrected chi connectivity index (χ2v) is 11.1. The lowest BCUT2D eigenvalue weighted by Crippen LogP contribution is -2.35. The molecule has 2 aromatic carbocycles. The Bertz CT molecular complexity index is 1550. The van der Waals surface area contributed by atoms with Gasteiger partial charge in [0, 0.05) is 31.6 Å². The lowest BCUT2D eigenvalue weighted by Gasteiger charge is -2.32. The van der Waals surface area contributed by atoms with Gasteiger partial charge in [-0.05, 0) is 75.7 Å². The van der Waals surface area contributed by atoms with E-state index in [0.29, 0.717) is 71.2 Å². The first-order chi connectivity index (χ1) is 20.8. The number of ether oxygens (including phenoxy) is 1. The van der Waals surface area contributed by atoms with Gasteiger partial charge in [-0.25, -0.2) is 19.1 Å². The minimum Gasteiger partial charge on any atom is -0.462 e. The molecule has 0 bridgehead atoms. The molecule has 1 fully saturated rings. The predicted octanol–water partition coefficient (Wildman–Crippen LogP) is 4.92. The van der Waals surface area contributed by atoms with E-state index in [1.165, 1.54) is 18.6 Å². The van der Waals surface area contributed by atoms with Crippen LogP contribution in [0.15, 0.2) is 30.3 Å². The zero-order valence-corrected chi connectivity index (χ0v) is 25.0. The van der Waals surface area contributed by atoms with Gasteiger partial charge in [0.25, 0.3) is 11.8 Å². The molecule has 2 aliphatic rings. The Balaban J connectivity index is 1.62. The van der Waals surface area contributed by atoms with Crippen molar-refractivity contribution >= 4 is 45.7 Å². The maximum atomic E-state index is 14.7. The highest BCUT2D eigenvalue weighted by atomic mass is 19.1. The molecule has 0 saturated heterocycles. The van der Waals surface area contributed by atoms with Crippen LogP contribution in [0.1, 0.15) is 82.2 Å². The van der Waals surface area contributed by atoms with E-state index < -0.39 is 23.6 Å². The van der Waals surface area contributed by atoms with Crippen molar-refractivity contribution in [3.05, 3.63) is 58.5 Å². The normalized spacial score (nSPS) is 15.3. The van der Waals surface area contributed by atoms with Crippen molar-refractivity contribution in [2.75, 3.05) is 49.3 Å². The van der Waals surface area contributed by atoms with Gasteiger partial charge < -0.3 is 21.1 Å². The Morgan fingerprint density at radius 1 is 1.16 bits per heavy atom. The third-order valence-electron chi connectivity index (χ3n) is 8.28. The van der Waals surface area contributed by atoms with Gasteiger partial charge in [0.2, 0.25) is 0 Å². The van der Waals surface area contributed by atoms with Crippen LogP contribution in [-0.2, 0) is 11.3 Å². The second kappa shape index (κ2) is 13.0. The van der Waals surface area contributed by atoms with Gasteiger partial charge in [-0.2, -0.15) is 0 Å².